The molecule has 1 saturated heterocycles. The lowest BCUT2D eigenvalue weighted by Crippen LogP contribution is -2.62. The van der Waals surface area contributed by atoms with Crippen LogP contribution in [0.2, 0.25) is 0 Å². The summed E-state index contributed by atoms with van der Waals surface area (Å²) >= 11 is 0. The molecule has 0 spiro atoms. The summed E-state index contributed by atoms with van der Waals surface area (Å²) in [5, 5.41) is 6.97. The molecule has 7 heteroatoms. The Morgan fingerprint density at radius 1 is 1.46 bits per heavy atom. The highest BCUT2D eigenvalue weighted by Gasteiger charge is 2.38. The zero-order valence-electron chi connectivity index (χ0n) is 15.8. The average Bonchev–Trinajstić information content (AvgIpc) is 3.06. The number of carbonyl (C=O) groups excluding carboxylic acids is 1. The summed E-state index contributed by atoms with van der Waals surface area (Å²) < 4.78 is 19.1. The van der Waals surface area contributed by atoms with Gasteiger partial charge in [-0.1, -0.05) is 0 Å². The van der Waals surface area contributed by atoms with Crippen molar-refractivity contribution >= 4 is 16.9 Å². The van der Waals surface area contributed by atoms with Gasteiger partial charge >= 0.3 is 0 Å². The Hall–Kier alpha value is -1.99. The fourth-order valence-corrected chi connectivity index (χ4v) is 3.23. The first-order chi connectivity index (χ1) is 12.2. The molecule has 26 heavy (non-hydrogen) atoms. The largest absolute Gasteiger partial charge is 0.459 e. The molecule has 0 unspecified atom stereocenters. The smallest absolute Gasteiger partial charge is 0.238 e. The van der Waals surface area contributed by atoms with Crippen molar-refractivity contribution in [2.24, 2.45) is 0 Å². The normalized spacial score (nSPS) is 19.7. The molecule has 0 aromatic carbocycles. The molecule has 0 saturated carbocycles. The van der Waals surface area contributed by atoms with E-state index in [2.05, 4.69) is 34.4 Å². The van der Waals surface area contributed by atoms with Gasteiger partial charge in [-0.3, -0.25) is 14.7 Å². The zero-order valence-corrected chi connectivity index (χ0v) is 15.8. The monoisotopic (exact) mass is 362 g/mol. The van der Waals surface area contributed by atoms with Crippen molar-refractivity contribution in [3.63, 3.8) is 0 Å². The van der Waals surface area contributed by atoms with E-state index in [-0.39, 0.29) is 17.5 Å². The zero-order chi connectivity index (χ0) is 18.9. The van der Waals surface area contributed by atoms with Gasteiger partial charge in [0.05, 0.1) is 17.1 Å². The lowest BCUT2D eigenvalue weighted by atomic mass is 9.96. The van der Waals surface area contributed by atoms with Crippen molar-refractivity contribution in [2.45, 2.75) is 44.8 Å². The van der Waals surface area contributed by atoms with Crippen LogP contribution in [0.15, 0.2) is 28.9 Å². The third kappa shape index (κ3) is 3.73. The van der Waals surface area contributed by atoms with Gasteiger partial charge in [-0.05, 0) is 39.8 Å². The number of hydrogen-bond donors (Lipinski definition) is 2. The molecule has 2 aromatic heterocycles. The van der Waals surface area contributed by atoms with E-state index in [1.807, 2.05) is 12.1 Å². The van der Waals surface area contributed by atoms with E-state index in [4.69, 9.17) is 4.42 Å². The van der Waals surface area contributed by atoms with Crippen LogP contribution in [0.3, 0.4) is 0 Å². The van der Waals surface area contributed by atoms with E-state index < -0.39 is 12.2 Å². The molecule has 1 aliphatic heterocycles. The van der Waals surface area contributed by atoms with Gasteiger partial charge in [0.2, 0.25) is 5.91 Å². The number of piperazine rings is 1. The van der Waals surface area contributed by atoms with E-state index in [1.54, 1.807) is 26.2 Å². The van der Waals surface area contributed by atoms with Crippen molar-refractivity contribution < 1.29 is 13.6 Å². The molecule has 0 aliphatic carbocycles. The van der Waals surface area contributed by atoms with Gasteiger partial charge in [-0.2, -0.15) is 0 Å². The fraction of sp³-hybridized carbons (Fsp3) is 0.579. The number of halogens is 1. The first-order valence-electron chi connectivity index (χ1n) is 8.93. The molecule has 142 valence electrons. The molecule has 1 aliphatic rings. The number of pyridine rings is 1. The van der Waals surface area contributed by atoms with E-state index in [0.29, 0.717) is 13.1 Å². The number of nitrogens with zero attached hydrogens (tertiary/aromatic N) is 2. The van der Waals surface area contributed by atoms with Crippen molar-refractivity contribution in [2.75, 3.05) is 26.3 Å². The van der Waals surface area contributed by atoms with Crippen molar-refractivity contribution in [1.82, 2.24) is 20.5 Å². The number of carbonyl (C=O) groups is 1. The lowest BCUT2D eigenvalue weighted by Gasteiger charge is -2.42. The van der Waals surface area contributed by atoms with Crippen molar-refractivity contribution in [1.29, 1.82) is 0 Å². The predicted molar refractivity (Wildman–Crippen MR) is 98.6 cm³/mol. The van der Waals surface area contributed by atoms with Crippen molar-refractivity contribution in [3.8, 4) is 0 Å². The second kappa shape index (κ2) is 6.96. The molecule has 3 heterocycles. The number of amides is 1. The summed E-state index contributed by atoms with van der Waals surface area (Å²) in [6.45, 7) is 8.92. The van der Waals surface area contributed by atoms with Crippen LogP contribution in [0.5, 0.6) is 0 Å². The van der Waals surface area contributed by atoms with Gasteiger partial charge in [0.15, 0.2) is 0 Å². The Bertz CT molecular complexity index is 754. The van der Waals surface area contributed by atoms with Crippen LogP contribution in [-0.2, 0) is 10.3 Å². The maximum atomic E-state index is 13.0. The molecular weight excluding hydrogens is 335 g/mol. The minimum absolute atomic E-state index is 0.179. The quantitative estimate of drug-likeness (QED) is 0.853. The first-order valence-corrected chi connectivity index (χ1v) is 8.93. The molecule has 1 amide bonds. The molecule has 2 aromatic rings. The van der Waals surface area contributed by atoms with Crippen LogP contribution in [-0.4, -0.2) is 53.7 Å². The molecule has 1 fully saturated rings. The standard InChI is InChI=1S/C19H27FN4O2/c1-18(2,12-20)23-17(25)14-11-24(8-7-22-14)19(3,4)16-9-13-10-21-6-5-15(13)26-16/h5-6,9-10,14,22H,7-8,11-12H2,1-4H3,(H,23,25)/t14-/m0/s1. The summed E-state index contributed by atoms with van der Waals surface area (Å²) in [6.07, 6.45) is 3.49. The number of furan rings is 1. The third-order valence-electron chi connectivity index (χ3n) is 5.00. The van der Waals surface area contributed by atoms with Gasteiger partial charge in [0.1, 0.15) is 18.0 Å². The second-order valence-electron chi connectivity index (χ2n) is 8.04. The minimum atomic E-state index is -0.859. The predicted octanol–water partition coefficient (Wildman–Crippen LogP) is 2.20. The van der Waals surface area contributed by atoms with Crippen LogP contribution in [0.1, 0.15) is 33.5 Å². The molecular formula is C19H27FN4O2. The van der Waals surface area contributed by atoms with Gasteiger partial charge in [-0.25, -0.2) is 4.39 Å². The lowest BCUT2D eigenvalue weighted by molar-refractivity contribution is -0.126. The molecule has 2 N–H and O–H groups in total. The van der Waals surface area contributed by atoms with Gasteiger partial charge in [-0.15, -0.1) is 0 Å². The maximum Gasteiger partial charge on any atom is 0.238 e. The molecule has 0 radical (unpaired) electrons. The molecule has 0 bridgehead atoms. The van der Waals surface area contributed by atoms with Gasteiger partial charge in [0, 0.05) is 37.4 Å². The Kier molecular flexibility index (Phi) is 5.03. The minimum Gasteiger partial charge on any atom is -0.459 e. The highest BCUT2D eigenvalue weighted by atomic mass is 19.1. The Morgan fingerprint density at radius 3 is 2.92 bits per heavy atom. The summed E-state index contributed by atoms with van der Waals surface area (Å²) in [6, 6.07) is 3.47. The summed E-state index contributed by atoms with van der Waals surface area (Å²) in [5.74, 6) is 0.660. The Labute approximate surface area is 153 Å². The van der Waals surface area contributed by atoms with Crippen LogP contribution < -0.4 is 10.6 Å². The van der Waals surface area contributed by atoms with Crippen molar-refractivity contribution in [3.05, 3.63) is 30.3 Å². The SMILES string of the molecule is CC(C)(CF)NC(=O)[C@@H]1CN(C(C)(C)c2cc3cnccc3o2)CCN1. The number of rotatable bonds is 5. The second-order valence-corrected chi connectivity index (χ2v) is 8.04. The Balaban J connectivity index is 1.76. The number of fused-ring (bicyclic) bond motifs is 1. The van der Waals surface area contributed by atoms with Crippen LogP contribution >= 0.6 is 0 Å². The van der Waals surface area contributed by atoms with E-state index >= 15 is 0 Å². The molecule has 3 rings (SSSR count). The van der Waals surface area contributed by atoms with Gasteiger partial charge in [0.25, 0.3) is 0 Å². The topological polar surface area (TPSA) is 70.4 Å². The van der Waals surface area contributed by atoms with E-state index in [9.17, 15) is 9.18 Å². The van der Waals surface area contributed by atoms with Crippen LogP contribution in [0, 0.1) is 0 Å². The Morgan fingerprint density at radius 2 is 2.23 bits per heavy atom. The number of aromatic nitrogens is 1. The van der Waals surface area contributed by atoms with Crippen LogP contribution in [0.25, 0.3) is 11.0 Å². The first kappa shape index (κ1) is 18.8. The summed E-state index contributed by atoms with van der Waals surface area (Å²) in [4.78, 5) is 18.9. The molecule has 1 atom stereocenters. The van der Waals surface area contributed by atoms with E-state index in [0.717, 1.165) is 23.3 Å². The van der Waals surface area contributed by atoms with E-state index in [1.165, 1.54) is 0 Å². The number of nitrogens with one attached hydrogen (secondary N) is 2. The maximum absolute atomic E-state index is 13.0. The number of hydrogen-bond acceptors (Lipinski definition) is 5. The highest BCUT2D eigenvalue weighted by molar-refractivity contribution is 5.83. The highest BCUT2D eigenvalue weighted by Crippen LogP contribution is 2.32. The third-order valence-corrected chi connectivity index (χ3v) is 5.00. The number of alkyl halides is 1. The van der Waals surface area contributed by atoms with Gasteiger partial charge < -0.3 is 15.1 Å². The summed E-state index contributed by atoms with van der Waals surface area (Å²) in [5.41, 5.74) is -0.436. The fourth-order valence-electron chi connectivity index (χ4n) is 3.23. The molecule has 6 nitrogen and oxygen atoms in total. The summed E-state index contributed by atoms with van der Waals surface area (Å²) in [7, 11) is 0. The average molecular weight is 362 g/mol. The van der Waals surface area contributed by atoms with Crippen LogP contribution in [0.4, 0.5) is 4.39 Å².